The zero-order valence-corrected chi connectivity index (χ0v) is 11.5. The third kappa shape index (κ3) is 2.95. The lowest BCUT2D eigenvalue weighted by molar-refractivity contribution is 0.414. The highest BCUT2D eigenvalue weighted by molar-refractivity contribution is 6.21. The van der Waals surface area contributed by atoms with Crippen LogP contribution < -0.4 is 4.74 Å². The topological polar surface area (TPSA) is 9.23 Å². The van der Waals surface area contributed by atoms with Crippen molar-refractivity contribution in [2.75, 3.05) is 7.11 Å². The Hall–Kier alpha value is -0.690. The van der Waals surface area contributed by atoms with E-state index in [9.17, 15) is 0 Å². The molecule has 0 aromatic heterocycles. The van der Waals surface area contributed by atoms with Crippen LogP contribution in [0.1, 0.15) is 49.1 Å². The first-order valence-corrected chi connectivity index (χ1v) is 6.94. The summed E-state index contributed by atoms with van der Waals surface area (Å²) in [6.45, 7) is 2.16. The van der Waals surface area contributed by atoms with Gasteiger partial charge in [0, 0.05) is 11.3 Å². The van der Waals surface area contributed by atoms with E-state index in [0.29, 0.717) is 11.3 Å². The summed E-state index contributed by atoms with van der Waals surface area (Å²) >= 11 is 6.54. The van der Waals surface area contributed by atoms with Crippen LogP contribution in [0.2, 0.25) is 0 Å². The zero-order valence-electron chi connectivity index (χ0n) is 10.7. The highest BCUT2D eigenvalue weighted by Crippen LogP contribution is 2.37. The molecule has 0 heterocycles. The van der Waals surface area contributed by atoms with Crippen molar-refractivity contribution in [2.24, 2.45) is 0 Å². The van der Waals surface area contributed by atoms with E-state index in [1.54, 1.807) is 7.11 Å². The molecule has 1 nitrogen and oxygen atoms in total. The van der Waals surface area contributed by atoms with E-state index in [-0.39, 0.29) is 0 Å². The molecule has 1 saturated carbocycles. The molecule has 1 aromatic carbocycles. The second kappa shape index (κ2) is 5.77. The van der Waals surface area contributed by atoms with E-state index >= 15 is 0 Å². The van der Waals surface area contributed by atoms with Gasteiger partial charge in [-0.3, -0.25) is 0 Å². The molecule has 0 aliphatic heterocycles. The number of alkyl halides is 1. The van der Waals surface area contributed by atoms with Crippen LogP contribution >= 0.6 is 11.6 Å². The molecule has 0 N–H and O–H groups in total. The molecule has 0 amide bonds. The summed E-state index contributed by atoms with van der Waals surface area (Å²) in [6.07, 6.45) is 6.28. The van der Waals surface area contributed by atoms with Gasteiger partial charge in [-0.05, 0) is 43.0 Å². The quantitative estimate of drug-likeness (QED) is 0.550. The standard InChI is InChI=1S/C15H21ClO/c1-11-10-12(17-2)8-9-13(11)14-6-4-3-5-7-15(14)16/h8-10,14-15H,3-7H2,1-2H3. The highest BCUT2D eigenvalue weighted by Gasteiger charge is 2.24. The predicted molar refractivity (Wildman–Crippen MR) is 73.2 cm³/mol. The van der Waals surface area contributed by atoms with Crippen molar-refractivity contribution in [3.8, 4) is 5.75 Å². The monoisotopic (exact) mass is 252 g/mol. The van der Waals surface area contributed by atoms with Gasteiger partial charge in [0.15, 0.2) is 0 Å². The van der Waals surface area contributed by atoms with Gasteiger partial charge in [-0.25, -0.2) is 0 Å². The van der Waals surface area contributed by atoms with Crippen LogP contribution in [0.4, 0.5) is 0 Å². The average Bonchev–Trinajstić information content (AvgIpc) is 2.54. The van der Waals surface area contributed by atoms with Gasteiger partial charge in [-0.15, -0.1) is 11.6 Å². The van der Waals surface area contributed by atoms with E-state index in [1.165, 1.54) is 36.8 Å². The fourth-order valence-electron chi connectivity index (χ4n) is 2.80. The molecule has 1 aromatic rings. The molecule has 2 rings (SSSR count). The Labute approximate surface area is 109 Å². The summed E-state index contributed by atoms with van der Waals surface area (Å²) in [5, 5.41) is 0.296. The number of hydrogen-bond acceptors (Lipinski definition) is 1. The Morgan fingerprint density at radius 2 is 1.94 bits per heavy atom. The molecule has 94 valence electrons. The summed E-state index contributed by atoms with van der Waals surface area (Å²) < 4.78 is 5.26. The maximum atomic E-state index is 6.54. The first-order chi connectivity index (χ1) is 8.22. The number of hydrogen-bond donors (Lipinski definition) is 0. The number of halogens is 1. The van der Waals surface area contributed by atoms with E-state index in [2.05, 4.69) is 25.1 Å². The van der Waals surface area contributed by atoms with Gasteiger partial charge in [0.25, 0.3) is 0 Å². The van der Waals surface area contributed by atoms with Gasteiger partial charge < -0.3 is 4.74 Å². The van der Waals surface area contributed by atoms with Crippen LogP contribution in [0.25, 0.3) is 0 Å². The van der Waals surface area contributed by atoms with Crippen molar-refractivity contribution >= 4 is 11.6 Å². The van der Waals surface area contributed by atoms with Crippen LogP contribution in [-0.2, 0) is 0 Å². The summed E-state index contributed by atoms with van der Waals surface area (Å²) in [7, 11) is 1.71. The lowest BCUT2D eigenvalue weighted by atomic mass is 9.88. The summed E-state index contributed by atoms with van der Waals surface area (Å²) in [5.41, 5.74) is 2.72. The minimum atomic E-state index is 0.296. The maximum Gasteiger partial charge on any atom is 0.119 e. The minimum Gasteiger partial charge on any atom is -0.497 e. The Balaban J connectivity index is 2.25. The molecule has 0 bridgehead atoms. The molecule has 1 aliphatic carbocycles. The lowest BCUT2D eigenvalue weighted by Gasteiger charge is -2.22. The molecule has 1 aliphatic rings. The smallest absolute Gasteiger partial charge is 0.119 e. The Morgan fingerprint density at radius 1 is 1.18 bits per heavy atom. The van der Waals surface area contributed by atoms with Gasteiger partial charge in [0.1, 0.15) is 5.75 Å². The predicted octanol–water partition coefficient (Wildman–Crippen LogP) is 4.66. The molecular formula is C15H21ClO. The third-order valence-corrected chi connectivity index (χ3v) is 4.33. The highest BCUT2D eigenvalue weighted by atomic mass is 35.5. The molecule has 0 radical (unpaired) electrons. The second-order valence-corrected chi connectivity index (χ2v) is 5.54. The second-order valence-electron chi connectivity index (χ2n) is 4.98. The maximum absolute atomic E-state index is 6.54. The van der Waals surface area contributed by atoms with Crippen LogP contribution in [0.5, 0.6) is 5.75 Å². The fourth-order valence-corrected chi connectivity index (χ4v) is 3.22. The van der Waals surface area contributed by atoms with Crippen LogP contribution in [0.3, 0.4) is 0 Å². The molecule has 2 atom stereocenters. The first kappa shape index (κ1) is 12.8. The third-order valence-electron chi connectivity index (χ3n) is 3.81. The van der Waals surface area contributed by atoms with Crippen molar-refractivity contribution in [1.29, 1.82) is 0 Å². The molecule has 2 heteroatoms. The number of aryl methyl sites for hydroxylation is 1. The normalized spacial score (nSPS) is 25.4. The fraction of sp³-hybridized carbons (Fsp3) is 0.600. The average molecular weight is 253 g/mol. The molecule has 17 heavy (non-hydrogen) atoms. The lowest BCUT2D eigenvalue weighted by Crippen LogP contribution is -2.12. The number of methoxy groups -OCH3 is 1. The molecule has 0 saturated heterocycles. The summed E-state index contributed by atoms with van der Waals surface area (Å²) in [6, 6.07) is 6.36. The molecule has 2 unspecified atom stereocenters. The van der Waals surface area contributed by atoms with Gasteiger partial charge in [-0.1, -0.05) is 25.3 Å². The Morgan fingerprint density at radius 3 is 2.65 bits per heavy atom. The zero-order chi connectivity index (χ0) is 12.3. The van der Waals surface area contributed by atoms with E-state index in [0.717, 1.165) is 12.2 Å². The minimum absolute atomic E-state index is 0.296. The molecule has 1 fully saturated rings. The van der Waals surface area contributed by atoms with E-state index in [4.69, 9.17) is 16.3 Å². The van der Waals surface area contributed by atoms with E-state index in [1.807, 2.05) is 0 Å². The van der Waals surface area contributed by atoms with Gasteiger partial charge >= 0.3 is 0 Å². The van der Waals surface area contributed by atoms with Gasteiger partial charge in [0.2, 0.25) is 0 Å². The van der Waals surface area contributed by atoms with Crippen LogP contribution in [0.15, 0.2) is 18.2 Å². The Kier molecular flexibility index (Phi) is 4.33. The van der Waals surface area contributed by atoms with Crippen molar-refractivity contribution in [3.63, 3.8) is 0 Å². The van der Waals surface area contributed by atoms with Crippen molar-refractivity contribution in [2.45, 2.75) is 50.3 Å². The van der Waals surface area contributed by atoms with E-state index < -0.39 is 0 Å². The van der Waals surface area contributed by atoms with Crippen molar-refractivity contribution < 1.29 is 4.74 Å². The largest absolute Gasteiger partial charge is 0.497 e. The molecule has 0 spiro atoms. The Bertz CT molecular complexity index is 375. The molecular weight excluding hydrogens is 232 g/mol. The number of ether oxygens (including phenoxy) is 1. The number of benzene rings is 1. The van der Waals surface area contributed by atoms with Gasteiger partial charge in [-0.2, -0.15) is 0 Å². The summed E-state index contributed by atoms with van der Waals surface area (Å²) in [4.78, 5) is 0. The van der Waals surface area contributed by atoms with Crippen LogP contribution in [-0.4, -0.2) is 12.5 Å². The SMILES string of the molecule is COc1ccc(C2CCCCCC2Cl)c(C)c1. The first-order valence-electron chi connectivity index (χ1n) is 6.51. The van der Waals surface area contributed by atoms with Crippen molar-refractivity contribution in [3.05, 3.63) is 29.3 Å². The number of rotatable bonds is 2. The summed E-state index contributed by atoms with van der Waals surface area (Å²) in [5.74, 6) is 1.45. The van der Waals surface area contributed by atoms with Gasteiger partial charge in [0.05, 0.1) is 7.11 Å². The van der Waals surface area contributed by atoms with Crippen LogP contribution in [0, 0.1) is 6.92 Å². The van der Waals surface area contributed by atoms with Crippen molar-refractivity contribution in [1.82, 2.24) is 0 Å².